The first kappa shape index (κ1) is 20.7. The van der Waals surface area contributed by atoms with E-state index in [2.05, 4.69) is 53.9 Å². The fourth-order valence-electron chi connectivity index (χ4n) is 2.88. The summed E-state index contributed by atoms with van der Waals surface area (Å²) in [6, 6.07) is 4.98. The van der Waals surface area contributed by atoms with Crippen LogP contribution in [0.2, 0.25) is 0 Å². The molecule has 0 aliphatic carbocycles. The highest BCUT2D eigenvalue weighted by atomic mass is 127. The predicted molar refractivity (Wildman–Crippen MR) is 112 cm³/mol. The summed E-state index contributed by atoms with van der Waals surface area (Å²) in [5.74, 6) is 1.53. The fourth-order valence-corrected chi connectivity index (χ4v) is 3.75. The number of nitrogens with zero attached hydrogens (tertiary/aromatic N) is 2. The van der Waals surface area contributed by atoms with E-state index in [1.807, 2.05) is 11.3 Å². The Labute approximate surface area is 162 Å². The van der Waals surface area contributed by atoms with Crippen molar-refractivity contribution in [2.24, 2.45) is 10.9 Å². The molecule has 1 aromatic rings. The second-order valence-corrected chi connectivity index (χ2v) is 7.30. The molecule has 0 aromatic carbocycles. The van der Waals surface area contributed by atoms with Gasteiger partial charge in [-0.25, -0.2) is 0 Å². The molecule has 1 saturated heterocycles. The number of aliphatic imine (C=N–C) groups is 1. The molecule has 2 unspecified atom stereocenters. The van der Waals surface area contributed by atoms with Crippen LogP contribution in [0, 0.1) is 5.92 Å². The van der Waals surface area contributed by atoms with Crippen LogP contribution in [0.1, 0.15) is 31.6 Å². The minimum atomic E-state index is 0. The number of thiophene rings is 1. The molecule has 2 rings (SSSR count). The summed E-state index contributed by atoms with van der Waals surface area (Å²) >= 11 is 1.84. The summed E-state index contributed by atoms with van der Waals surface area (Å²) in [5.41, 5.74) is 0. The van der Waals surface area contributed by atoms with Crippen molar-refractivity contribution in [1.82, 2.24) is 15.5 Å². The molecule has 132 valence electrons. The zero-order valence-corrected chi connectivity index (χ0v) is 17.7. The van der Waals surface area contributed by atoms with Gasteiger partial charge in [-0.05, 0) is 57.1 Å². The highest BCUT2D eigenvalue weighted by Crippen LogP contribution is 2.15. The van der Waals surface area contributed by atoms with E-state index in [1.54, 1.807) is 0 Å². The molecule has 0 amide bonds. The summed E-state index contributed by atoms with van der Waals surface area (Å²) in [6.07, 6.45) is 3.72. The maximum Gasteiger partial charge on any atom is 0.191 e. The van der Waals surface area contributed by atoms with E-state index in [-0.39, 0.29) is 24.0 Å². The van der Waals surface area contributed by atoms with Crippen molar-refractivity contribution < 1.29 is 0 Å². The molecule has 1 aliphatic rings. The second-order valence-electron chi connectivity index (χ2n) is 6.27. The van der Waals surface area contributed by atoms with E-state index >= 15 is 0 Å². The topological polar surface area (TPSA) is 39.7 Å². The van der Waals surface area contributed by atoms with E-state index in [1.165, 1.54) is 24.3 Å². The van der Waals surface area contributed by atoms with Crippen LogP contribution < -0.4 is 10.6 Å². The molecule has 6 heteroatoms. The Bertz CT molecular complexity index is 449. The average Bonchev–Trinajstić information content (AvgIpc) is 3.14. The number of halogens is 1. The van der Waals surface area contributed by atoms with Crippen molar-refractivity contribution >= 4 is 41.3 Å². The zero-order chi connectivity index (χ0) is 15.8. The molecule has 0 radical (unpaired) electrons. The van der Waals surface area contributed by atoms with E-state index in [4.69, 9.17) is 4.99 Å². The van der Waals surface area contributed by atoms with E-state index < -0.39 is 0 Å². The molecule has 0 saturated carbocycles. The van der Waals surface area contributed by atoms with Gasteiger partial charge >= 0.3 is 0 Å². The highest BCUT2D eigenvalue weighted by molar-refractivity contribution is 14.0. The summed E-state index contributed by atoms with van der Waals surface area (Å²) in [7, 11) is 2.21. The summed E-state index contributed by atoms with van der Waals surface area (Å²) < 4.78 is 0. The Morgan fingerprint density at radius 3 is 2.91 bits per heavy atom. The number of hydrogen-bond donors (Lipinski definition) is 2. The van der Waals surface area contributed by atoms with Crippen LogP contribution in [0.5, 0.6) is 0 Å². The average molecular weight is 450 g/mol. The summed E-state index contributed by atoms with van der Waals surface area (Å²) in [4.78, 5) is 8.65. The highest BCUT2D eigenvalue weighted by Gasteiger charge is 2.20. The first-order valence-corrected chi connectivity index (χ1v) is 9.31. The molecule has 1 aromatic heterocycles. The van der Waals surface area contributed by atoms with Gasteiger partial charge in [0, 0.05) is 30.6 Å². The van der Waals surface area contributed by atoms with Crippen molar-refractivity contribution in [1.29, 1.82) is 0 Å². The Kier molecular flexibility index (Phi) is 10.1. The molecule has 1 fully saturated rings. The molecule has 0 spiro atoms. The lowest BCUT2D eigenvalue weighted by molar-refractivity contribution is 0.309. The molecule has 0 bridgehead atoms. The third kappa shape index (κ3) is 7.39. The normalized spacial score (nSPS) is 20.1. The Morgan fingerprint density at radius 2 is 2.30 bits per heavy atom. The van der Waals surface area contributed by atoms with Gasteiger partial charge in [0.25, 0.3) is 0 Å². The molecule has 2 heterocycles. The number of hydrogen-bond acceptors (Lipinski definition) is 3. The summed E-state index contributed by atoms with van der Waals surface area (Å²) in [6.45, 7) is 8.38. The molecular formula is C17H31IN4S. The van der Waals surface area contributed by atoms with Gasteiger partial charge in [-0.3, -0.25) is 4.99 Å². The Balaban J connectivity index is 0.00000264. The van der Waals surface area contributed by atoms with Crippen LogP contribution in [0.15, 0.2) is 22.5 Å². The van der Waals surface area contributed by atoms with Crippen molar-refractivity contribution in [2.75, 3.05) is 33.2 Å². The smallest absolute Gasteiger partial charge is 0.191 e. The number of likely N-dealkylation sites (tertiary alicyclic amines) is 1. The van der Waals surface area contributed by atoms with Crippen LogP contribution in [-0.4, -0.2) is 50.1 Å². The number of nitrogens with one attached hydrogen (secondary N) is 2. The van der Waals surface area contributed by atoms with E-state index in [0.717, 1.165) is 32.0 Å². The van der Waals surface area contributed by atoms with Gasteiger partial charge in [-0.2, -0.15) is 0 Å². The van der Waals surface area contributed by atoms with Gasteiger partial charge in [-0.1, -0.05) is 13.0 Å². The monoisotopic (exact) mass is 450 g/mol. The number of likely N-dealkylation sites (N-methyl/N-ethyl adjacent to an activating group) is 1. The molecule has 2 atom stereocenters. The van der Waals surface area contributed by atoms with Crippen LogP contribution in [0.3, 0.4) is 0 Å². The lowest BCUT2D eigenvalue weighted by Crippen LogP contribution is -2.44. The first-order chi connectivity index (χ1) is 10.7. The van der Waals surface area contributed by atoms with Crippen molar-refractivity contribution in [3.8, 4) is 0 Å². The maximum absolute atomic E-state index is 4.76. The van der Waals surface area contributed by atoms with Crippen molar-refractivity contribution in [3.63, 3.8) is 0 Å². The predicted octanol–water partition coefficient (Wildman–Crippen LogP) is 3.19. The molecule has 4 nitrogen and oxygen atoms in total. The zero-order valence-electron chi connectivity index (χ0n) is 14.5. The third-order valence-electron chi connectivity index (χ3n) is 4.21. The van der Waals surface area contributed by atoms with E-state index in [0.29, 0.717) is 12.0 Å². The molecule has 2 N–H and O–H groups in total. The summed E-state index contributed by atoms with van der Waals surface area (Å²) in [5, 5.41) is 9.01. The van der Waals surface area contributed by atoms with Gasteiger partial charge in [0.1, 0.15) is 0 Å². The molecule has 23 heavy (non-hydrogen) atoms. The van der Waals surface area contributed by atoms with Gasteiger partial charge in [-0.15, -0.1) is 35.3 Å². The Hall–Kier alpha value is -0.340. The standard InChI is InChI=1S/C17H30N4S.HI/c1-4-18-17(20-13-15-7-5-9-21(15)3)19-12-14(2)11-16-8-6-10-22-16;/h6,8,10,14-15H,4-5,7,9,11-13H2,1-3H3,(H2,18,19,20);1H. The van der Waals surface area contributed by atoms with Crippen LogP contribution in [0.25, 0.3) is 0 Å². The largest absolute Gasteiger partial charge is 0.357 e. The minimum Gasteiger partial charge on any atom is -0.357 e. The maximum atomic E-state index is 4.76. The van der Waals surface area contributed by atoms with Gasteiger partial charge in [0.15, 0.2) is 5.96 Å². The van der Waals surface area contributed by atoms with Gasteiger partial charge < -0.3 is 15.5 Å². The van der Waals surface area contributed by atoms with E-state index in [9.17, 15) is 0 Å². The lowest BCUT2D eigenvalue weighted by Gasteiger charge is -2.21. The van der Waals surface area contributed by atoms with Crippen LogP contribution in [-0.2, 0) is 6.42 Å². The lowest BCUT2D eigenvalue weighted by atomic mass is 10.1. The SMILES string of the molecule is CCNC(=NCC(C)Cc1cccs1)NCC1CCCN1C.I. The van der Waals surface area contributed by atoms with Crippen LogP contribution in [0.4, 0.5) is 0 Å². The number of guanidine groups is 1. The van der Waals surface area contributed by atoms with Crippen molar-refractivity contribution in [3.05, 3.63) is 22.4 Å². The van der Waals surface area contributed by atoms with Crippen molar-refractivity contribution in [2.45, 2.75) is 39.2 Å². The first-order valence-electron chi connectivity index (χ1n) is 8.43. The quantitative estimate of drug-likeness (QED) is 0.381. The minimum absolute atomic E-state index is 0. The van der Waals surface area contributed by atoms with Crippen LogP contribution >= 0.6 is 35.3 Å². The molecular weight excluding hydrogens is 419 g/mol. The molecule has 1 aliphatic heterocycles. The fraction of sp³-hybridized carbons (Fsp3) is 0.706. The van der Waals surface area contributed by atoms with Gasteiger partial charge in [0.05, 0.1) is 0 Å². The second kappa shape index (κ2) is 11.3. The third-order valence-corrected chi connectivity index (χ3v) is 5.11. The number of rotatable bonds is 7. The Morgan fingerprint density at radius 1 is 1.48 bits per heavy atom. The van der Waals surface area contributed by atoms with Gasteiger partial charge in [0.2, 0.25) is 0 Å².